The largest absolute Gasteiger partial charge is 0.463 e. The summed E-state index contributed by atoms with van der Waals surface area (Å²) in [6.07, 6.45) is 3.08. The zero-order valence-electron chi connectivity index (χ0n) is 6.64. The summed E-state index contributed by atoms with van der Waals surface area (Å²) in [6, 6.07) is 3.55. The molecule has 0 saturated heterocycles. The van der Waals surface area contributed by atoms with Gasteiger partial charge >= 0.3 is 0 Å². The number of aromatic amines is 1. The van der Waals surface area contributed by atoms with Crippen molar-refractivity contribution in [3.63, 3.8) is 0 Å². The van der Waals surface area contributed by atoms with Crippen LogP contribution in [-0.4, -0.2) is 21.4 Å². The van der Waals surface area contributed by atoms with Crippen molar-refractivity contribution in [1.82, 2.24) is 15.2 Å². The highest BCUT2D eigenvalue weighted by Crippen LogP contribution is 2.04. The first-order valence-electron chi connectivity index (χ1n) is 3.60. The Morgan fingerprint density at radius 2 is 2.54 bits per heavy atom. The summed E-state index contributed by atoms with van der Waals surface area (Å²) in [7, 11) is 0. The lowest BCUT2D eigenvalue weighted by atomic mass is 10.5. The lowest BCUT2D eigenvalue weighted by Crippen LogP contribution is -1.84. The summed E-state index contributed by atoms with van der Waals surface area (Å²) in [5.74, 6) is 1.17. The second kappa shape index (κ2) is 3.10. The molecule has 6 heteroatoms. The molecule has 66 valence electrons. The number of hydrogen-bond acceptors (Lipinski definition) is 5. The molecule has 2 aromatic rings. The molecule has 0 amide bonds. The van der Waals surface area contributed by atoms with E-state index in [1.807, 2.05) is 0 Å². The van der Waals surface area contributed by atoms with Gasteiger partial charge in [0.2, 0.25) is 5.95 Å². The Kier molecular flexibility index (Phi) is 1.79. The quantitative estimate of drug-likeness (QED) is 0.661. The van der Waals surface area contributed by atoms with Gasteiger partial charge in [0.15, 0.2) is 0 Å². The molecule has 0 bridgehead atoms. The SMILES string of the molecule is Nc1nc(/N=C/c2ccco2)n[nH]1. The molecule has 0 spiro atoms. The Bertz CT molecular complexity index is 402. The average Bonchev–Trinajstić information content (AvgIpc) is 2.71. The van der Waals surface area contributed by atoms with E-state index in [0.717, 1.165) is 0 Å². The van der Waals surface area contributed by atoms with Gasteiger partial charge in [-0.1, -0.05) is 0 Å². The van der Waals surface area contributed by atoms with Gasteiger partial charge in [-0.25, -0.2) is 10.1 Å². The molecule has 0 aromatic carbocycles. The first kappa shape index (κ1) is 7.53. The van der Waals surface area contributed by atoms with E-state index in [9.17, 15) is 0 Å². The summed E-state index contributed by atoms with van der Waals surface area (Å²) < 4.78 is 5.02. The fourth-order valence-corrected chi connectivity index (χ4v) is 0.809. The Hall–Kier alpha value is -2.11. The maximum Gasteiger partial charge on any atom is 0.269 e. The van der Waals surface area contributed by atoms with E-state index in [0.29, 0.717) is 5.76 Å². The highest BCUT2D eigenvalue weighted by molar-refractivity contribution is 5.77. The van der Waals surface area contributed by atoms with Gasteiger partial charge in [0.1, 0.15) is 5.76 Å². The van der Waals surface area contributed by atoms with Crippen molar-refractivity contribution in [1.29, 1.82) is 0 Å². The number of rotatable bonds is 2. The number of nitrogens with two attached hydrogens (primary N) is 1. The van der Waals surface area contributed by atoms with E-state index < -0.39 is 0 Å². The number of furan rings is 1. The van der Waals surface area contributed by atoms with Gasteiger partial charge in [0.25, 0.3) is 5.95 Å². The van der Waals surface area contributed by atoms with Crippen LogP contribution < -0.4 is 5.73 Å². The van der Waals surface area contributed by atoms with Crippen LogP contribution in [-0.2, 0) is 0 Å². The van der Waals surface area contributed by atoms with Crippen LogP contribution in [0, 0.1) is 0 Å². The second-order valence-electron chi connectivity index (χ2n) is 2.29. The number of hydrogen-bond donors (Lipinski definition) is 2. The number of H-pyrrole nitrogens is 1. The Balaban J connectivity index is 2.14. The third kappa shape index (κ3) is 1.73. The van der Waals surface area contributed by atoms with Crippen LogP contribution in [0.4, 0.5) is 11.9 Å². The topological polar surface area (TPSA) is 93.1 Å². The van der Waals surface area contributed by atoms with Crippen molar-refractivity contribution in [2.24, 2.45) is 4.99 Å². The van der Waals surface area contributed by atoms with Crippen LogP contribution in [0.1, 0.15) is 5.76 Å². The second-order valence-corrected chi connectivity index (χ2v) is 2.29. The van der Waals surface area contributed by atoms with Crippen LogP contribution >= 0.6 is 0 Å². The molecule has 2 heterocycles. The maximum absolute atomic E-state index is 5.30. The summed E-state index contributed by atoms with van der Waals surface area (Å²) in [5.41, 5.74) is 5.30. The first-order chi connectivity index (χ1) is 6.34. The van der Waals surface area contributed by atoms with E-state index in [4.69, 9.17) is 10.2 Å². The van der Waals surface area contributed by atoms with Gasteiger partial charge in [-0.3, -0.25) is 0 Å². The van der Waals surface area contributed by atoms with Crippen molar-refractivity contribution in [2.75, 3.05) is 5.73 Å². The van der Waals surface area contributed by atoms with Crippen molar-refractivity contribution >= 4 is 18.1 Å². The van der Waals surface area contributed by atoms with Gasteiger partial charge in [-0.2, -0.15) is 4.98 Å². The van der Waals surface area contributed by atoms with Crippen LogP contribution in [0.2, 0.25) is 0 Å². The number of anilines is 1. The molecule has 2 aromatic heterocycles. The Morgan fingerprint density at radius 3 is 3.15 bits per heavy atom. The fourth-order valence-electron chi connectivity index (χ4n) is 0.809. The van der Waals surface area contributed by atoms with Crippen molar-refractivity contribution in [3.8, 4) is 0 Å². The summed E-state index contributed by atoms with van der Waals surface area (Å²) in [5, 5.41) is 6.19. The van der Waals surface area contributed by atoms with Gasteiger partial charge in [-0.15, -0.1) is 5.10 Å². The summed E-state index contributed by atoms with van der Waals surface area (Å²) >= 11 is 0. The van der Waals surface area contributed by atoms with E-state index in [1.54, 1.807) is 18.4 Å². The van der Waals surface area contributed by atoms with E-state index in [-0.39, 0.29) is 11.9 Å². The molecule has 0 radical (unpaired) electrons. The predicted octanol–water partition coefficient (Wildman–Crippen LogP) is 0.730. The van der Waals surface area contributed by atoms with E-state index in [1.165, 1.54) is 6.21 Å². The highest BCUT2D eigenvalue weighted by Gasteiger charge is 1.95. The minimum atomic E-state index is 0.242. The molecule has 3 N–H and O–H groups in total. The van der Waals surface area contributed by atoms with E-state index >= 15 is 0 Å². The lowest BCUT2D eigenvalue weighted by Gasteiger charge is -1.80. The first-order valence-corrected chi connectivity index (χ1v) is 3.60. The normalized spacial score (nSPS) is 11.1. The van der Waals surface area contributed by atoms with Crippen LogP contribution in [0.15, 0.2) is 27.8 Å². The van der Waals surface area contributed by atoms with Crippen molar-refractivity contribution in [3.05, 3.63) is 24.2 Å². The molecule has 0 aliphatic carbocycles. The van der Waals surface area contributed by atoms with Gasteiger partial charge < -0.3 is 10.2 Å². The predicted molar refractivity (Wildman–Crippen MR) is 46.8 cm³/mol. The zero-order chi connectivity index (χ0) is 9.10. The third-order valence-corrected chi connectivity index (χ3v) is 1.34. The molecule has 0 unspecified atom stereocenters. The maximum atomic E-state index is 5.30. The summed E-state index contributed by atoms with van der Waals surface area (Å²) in [6.45, 7) is 0. The van der Waals surface area contributed by atoms with Gasteiger partial charge in [-0.05, 0) is 12.1 Å². The number of aromatic nitrogens is 3. The standard InChI is InChI=1S/C7H7N5O/c8-6-10-7(12-11-6)9-4-5-2-1-3-13-5/h1-4H,(H3,8,10,11,12)/b9-4+. The molecule has 6 nitrogen and oxygen atoms in total. The smallest absolute Gasteiger partial charge is 0.269 e. The van der Waals surface area contributed by atoms with Gasteiger partial charge in [0, 0.05) is 0 Å². The number of aliphatic imine (C=N–C) groups is 1. The van der Waals surface area contributed by atoms with Crippen molar-refractivity contribution < 1.29 is 4.42 Å². The number of nitrogens with zero attached hydrogens (tertiary/aromatic N) is 3. The number of nitrogens with one attached hydrogen (secondary N) is 1. The fraction of sp³-hybridized carbons (Fsp3) is 0. The monoisotopic (exact) mass is 177 g/mol. The third-order valence-electron chi connectivity index (χ3n) is 1.34. The Labute approximate surface area is 73.5 Å². The molecule has 2 rings (SSSR count). The number of nitrogen functional groups attached to an aromatic ring is 1. The highest BCUT2D eigenvalue weighted by atomic mass is 16.3. The molecule has 0 saturated carbocycles. The van der Waals surface area contributed by atoms with Crippen molar-refractivity contribution in [2.45, 2.75) is 0 Å². The average molecular weight is 177 g/mol. The molecule has 0 aliphatic rings. The van der Waals surface area contributed by atoms with E-state index in [2.05, 4.69) is 20.2 Å². The van der Waals surface area contributed by atoms with Crippen LogP contribution in [0.3, 0.4) is 0 Å². The lowest BCUT2D eigenvalue weighted by molar-refractivity contribution is 0.560. The summed E-state index contributed by atoms with van der Waals surface area (Å²) in [4.78, 5) is 7.70. The van der Waals surface area contributed by atoms with Crippen LogP contribution in [0.25, 0.3) is 0 Å². The molecular weight excluding hydrogens is 170 g/mol. The molecular formula is C7H7N5O. The molecule has 0 atom stereocenters. The van der Waals surface area contributed by atoms with Crippen LogP contribution in [0.5, 0.6) is 0 Å². The Morgan fingerprint density at radius 1 is 1.62 bits per heavy atom. The zero-order valence-corrected chi connectivity index (χ0v) is 6.64. The minimum Gasteiger partial charge on any atom is -0.463 e. The molecule has 0 aliphatic heterocycles. The van der Waals surface area contributed by atoms with Gasteiger partial charge in [0.05, 0.1) is 12.5 Å². The molecule has 13 heavy (non-hydrogen) atoms. The molecule has 0 fully saturated rings. The minimum absolute atomic E-state index is 0.242.